The molecule has 0 spiro atoms. The van der Waals surface area contributed by atoms with Gasteiger partial charge in [-0.2, -0.15) is 0 Å². The number of aromatic nitrogens is 2. The molecule has 0 bridgehead atoms. The molecule has 0 aliphatic carbocycles. The van der Waals surface area contributed by atoms with Crippen LogP contribution in [0.5, 0.6) is 11.5 Å². The third-order valence-corrected chi connectivity index (χ3v) is 7.77. The number of nitrogens with one attached hydrogen (secondary N) is 1. The van der Waals surface area contributed by atoms with Crippen LogP contribution in [0.4, 0.5) is 5.69 Å². The Bertz CT molecular complexity index is 1970. The number of carboxylic acid groups (broad SMARTS) is 1. The number of benzene rings is 4. The molecule has 5 rings (SSSR count). The first-order valence-electron chi connectivity index (χ1n) is 13.4. The molecule has 0 saturated carbocycles. The molecule has 0 radical (unpaired) electrons. The zero-order valence-electron chi connectivity index (χ0n) is 23.7. The van der Waals surface area contributed by atoms with Gasteiger partial charge >= 0.3 is 5.97 Å². The number of sulfonamides is 1. The van der Waals surface area contributed by atoms with E-state index in [1.807, 2.05) is 60.8 Å². The van der Waals surface area contributed by atoms with Gasteiger partial charge in [-0.3, -0.25) is 4.72 Å². The number of imidazole rings is 1. The number of carbonyl (C=O) groups is 1. The first-order chi connectivity index (χ1) is 21.0. The summed E-state index contributed by atoms with van der Waals surface area (Å²) in [5.41, 5.74) is 4.51. The third-order valence-electron chi connectivity index (χ3n) is 6.63. The predicted molar refractivity (Wildman–Crippen MR) is 176 cm³/mol. The van der Waals surface area contributed by atoms with E-state index in [1.165, 1.54) is 18.2 Å². The Morgan fingerprint density at radius 3 is 2.25 bits per heavy atom. The highest BCUT2D eigenvalue weighted by atomic mass is 35.5. The lowest BCUT2D eigenvalue weighted by molar-refractivity contribution is 0.0697. The normalized spacial score (nSPS) is 11.5. The summed E-state index contributed by atoms with van der Waals surface area (Å²) in [5, 5.41) is 10.4. The van der Waals surface area contributed by atoms with Crippen LogP contribution in [0.25, 0.3) is 34.5 Å². The van der Waals surface area contributed by atoms with Gasteiger partial charge in [0.15, 0.2) is 5.75 Å². The fraction of sp³-hybridized carbons (Fsp3) is 0.0909. The second-order valence-electron chi connectivity index (χ2n) is 9.87. The minimum atomic E-state index is -3.66. The molecule has 224 valence electrons. The number of aromatic carboxylic acids is 1. The summed E-state index contributed by atoms with van der Waals surface area (Å²) in [5.74, 6) is 0.260. The van der Waals surface area contributed by atoms with E-state index in [9.17, 15) is 18.3 Å². The van der Waals surface area contributed by atoms with Gasteiger partial charge in [0.05, 0.1) is 28.2 Å². The quantitative estimate of drug-likeness (QED) is 0.157. The van der Waals surface area contributed by atoms with Crippen LogP contribution in [-0.2, 0) is 16.6 Å². The second-order valence-corrected chi connectivity index (χ2v) is 12.5. The molecule has 44 heavy (non-hydrogen) atoms. The monoisotopic (exact) mass is 647 g/mol. The van der Waals surface area contributed by atoms with E-state index in [0.29, 0.717) is 15.8 Å². The highest BCUT2D eigenvalue weighted by Crippen LogP contribution is 2.33. The maximum atomic E-state index is 11.8. The fourth-order valence-electron chi connectivity index (χ4n) is 4.47. The molecule has 0 unspecified atom stereocenters. The van der Waals surface area contributed by atoms with E-state index in [4.69, 9.17) is 32.9 Å². The Morgan fingerprint density at radius 2 is 1.64 bits per heavy atom. The summed E-state index contributed by atoms with van der Waals surface area (Å²) in [6, 6.07) is 24.7. The maximum absolute atomic E-state index is 11.8. The smallest absolute Gasteiger partial charge is 0.335 e. The van der Waals surface area contributed by atoms with Crippen LogP contribution in [0.15, 0.2) is 91.1 Å². The van der Waals surface area contributed by atoms with Crippen molar-refractivity contribution in [3.8, 4) is 33.9 Å². The van der Waals surface area contributed by atoms with Gasteiger partial charge in [-0.25, -0.2) is 18.2 Å². The second kappa shape index (κ2) is 13.0. The molecule has 0 aliphatic heterocycles. The van der Waals surface area contributed by atoms with E-state index < -0.39 is 16.0 Å². The van der Waals surface area contributed by atoms with Crippen molar-refractivity contribution in [1.82, 2.24) is 9.55 Å². The van der Waals surface area contributed by atoms with Gasteiger partial charge in [0.2, 0.25) is 10.0 Å². The first-order valence-corrected chi connectivity index (χ1v) is 16.1. The molecule has 1 aromatic heterocycles. The molecule has 5 aromatic rings. The minimum absolute atomic E-state index is 0.0338. The summed E-state index contributed by atoms with van der Waals surface area (Å²) in [4.78, 5) is 16.1. The number of ether oxygens (including phenoxy) is 1. The van der Waals surface area contributed by atoms with E-state index in [-0.39, 0.29) is 17.0 Å². The van der Waals surface area contributed by atoms with E-state index >= 15 is 0 Å². The van der Waals surface area contributed by atoms with Gasteiger partial charge in [-0.15, -0.1) is 0 Å². The molecule has 1 heterocycles. The largest absolute Gasteiger partial charge is 0.478 e. The van der Waals surface area contributed by atoms with Crippen molar-refractivity contribution in [2.24, 2.45) is 0 Å². The Labute approximate surface area is 265 Å². The number of hydrogen-bond donors (Lipinski definition) is 2. The third kappa shape index (κ3) is 7.49. The summed E-state index contributed by atoms with van der Waals surface area (Å²) in [6.07, 6.45) is 6.92. The average molecular weight is 649 g/mol. The highest BCUT2D eigenvalue weighted by molar-refractivity contribution is 7.92. The number of carboxylic acids is 1. The maximum Gasteiger partial charge on any atom is 0.335 e. The van der Waals surface area contributed by atoms with E-state index in [1.54, 1.807) is 24.3 Å². The van der Waals surface area contributed by atoms with Crippen molar-refractivity contribution in [3.63, 3.8) is 0 Å². The molecular weight excluding hydrogens is 621 g/mol. The zero-order valence-corrected chi connectivity index (χ0v) is 26.0. The van der Waals surface area contributed by atoms with Crippen molar-refractivity contribution in [3.05, 3.63) is 118 Å². The average Bonchev–Trinajstić information content (AvgIpc) is 3.39. The molecule has 2 N–H and O–H groups in total. The van der Waals surface area contributed by atoms with Crippen molar-refractivity contribution in [2.45, 2.75) is 13.5 Å². The predicted octanol–water partition coefficient (Wildman–Crippen LogP) is 8.58. The molecular formula is C33H27Cl2N3O5S. The van der Waals surface area contributed by atoms with Gasteiger partial charge in [-0.05, 0) is 78.2 Å². The first kappa shape index (κ1) is 30.9. The van der Waals surface area contributed by atoms with E-state index in [2.05, 4.69) is 16.2 Å². The highest BCUT2D eigenvalue weighted by Gasteiger charge is 2.14. The number of nitrogens with zero attached hydrogens (tertiary/aromatic N) is 2. The minimum Gasteiger partial charge on any atom is -0.478 e. The topological polar surface area (TPSA) is 111 Å². The van der Waals surface area contributed by atoms with Gasteiger partial charge in [-0.1, -0.05) is 65.7 Å². The Balaban J connectivity index is 1.30. The summed E-state index contributed by atoms with van der Waals surface area (Å²) >= 11 is 12.4. The standard InChI is InChI=1S/C33H27Cl2N3O5S/c1-3-38-20-30(27-15-12-25(34)19-28(27)35)36-32(38)17-6-21-4-7-22(8-5-21)23-9-13-26(14-10-23)43-31-16-11-24(33(39)40)18-29(31)37-44(2,41)42/h4-20,37H,3H2,1-2H3,(H,39,40). The van der Waals surface area contributed by atoms with Gasteiger partial charge in [0.1, 0.15) is 11.6 Å². The van der Waals surface area contributed by atoms with Crippen molar-refractivity contribution in [1.29, 1.82) is 0 Å². The molecule has 0 saturated heterocycles. The van der Waals surface area contributed by atoms with Gasteiger partial charge in [0.25, 0.3) is 0 Å². The number of rotatable bonds is 10. The SMILES string of the molecule is CCn1cc(-c2ccc(Cl)cc2Cl)nc1C=Cc1ccc(-c2ccc(Oc3ccc(C(=O)O)cc3NS(C)(=O)=O)cc2)cc1. The van der Waals surface area contributed by atoms with E-state index in [0.717, 1.165) is 46.6 Å². The lowest BCUT2D eigenvalue weighted by Crippen LogP contribution is -2.11. The van der Waals surface area contributed by atoms with Crippen molar-refractivity contribution in [2.75, 3.05) is 11.0 Å². The molecule has 0 aliphatic rings. The van der Waals surface area contributed by atoms with Crippen molar-refractivity contribution >= 4 is 57.0 Å². The lowest BCUT2D eigenvalue weighted by Gasteiger charge is -2.13. The molecule has 0 amide bonds. The van der Waals surface area contributed by atoms with Crippen LogP contribution in [0.2, 0.25) is 10.0 Å². The Morgan fingerprint density at radius 1 is 0.955 bits per heavy atom. The number of aryl methyl sites for hydroxylation is 1. The van der Waals surface area contributed by atoms with Crippen molar-refractivity contribution < 1.29 is 23.1 Å². The summed E-state index contributed by atoms with van der Waals surface area (Å²) in [6.45, 7) is 2.80. The molecule has 0 atom stereocenters. The summed E-state index contributed by atoms with van der Waals surface area (Å²) < 4.78 is 33.8. The van der Waals surface area contributed by atoms with Crippen LogP contribution in [0.3, 0.4) is 0 Å². The fourth-order valence-corrected chi connectivity index (χ4v) is 5.54. The molecule has 0 fully saturated rings. The number of anilines is 1. The molecule has 11 heteroatoms. The lowest BCUT2D eigenvalue weighted by atomic mass is 10.0. The molecule has 8 nitrogen and oxygen atoms in total. The van der Waals surface area contributed by atoms with Crippen LogP contribution >= 0.6 is 23.2 Å². The number of hydrogen-bond acceptors (Lipinski definition) is 5. The number of halogens is 2. The zero-order chi connectivity index (χ0) is 31.4. The van der Waals surface area contributed by atoms with Crippen LogP contribution in [-0.4, -0.2) is 35.3 Å². The van der Waals surface area contributed by atoms with Gasteiger partial charge in [0, 0.05) is 23.3 Å². The van der Waals surface area contributed by atoms with Crippen LogP contribution in [0.1, 0.15) is 28.7 Å². The van der Waals surface area contributed by atoms with Crippen LogP contribution in [0, 0.1) is 0 Å². The molecule has 4 aromatic carbocycles. The summed E-state index contributed by atoms with van der Waals surface area (Å²) in [7, 11) is -3.66. The van der Waals surface area contributed by atoms with Crippen LogP contribution < -0.4 is 9.46 Å². The Hall–Kier alpha value is -4.57. The Kier molecular flexibility index (Phi) is 9.10. The van der Waals surface area contributed by atoms with Gasteiger partial charge < -0.3 is 14.4 Å².